The van der Waals surface area contributed by atoms with Gasteiger partial charge in [-0.25, -0.2) is 0 Å². The molecular formula is C15H27N. The van der Waals surface area contributed by atoms with Crippen LogP contribution in [-0.4, -0.2) is 12.6 Å². The Morgan fingerprint density at radius 3 is 2.81 bits per heavy atom. The SMILES string of the molecule is CC#CCCC1CCCCC(NCCC)C1. The fraction of sp³-hybridized carbons (Fsp3) is 0.867. The van der Waals surface area contributed by atoms with Crippen LogP contribution >= 0.6 is 0 Å². The fourth-order valence-corrected chi connectivity index (χ4v) is 2.66. The van der Waals surface area contributed by atoms with Gasteiger partial charge in [-0.1, -0.05) is 26.2 Å². The summed E-state index contributed by atoms with van der Waals surface area (Å²) in [6.07, 6.45) is 10.7. The molecule has 0 amide bonds. The lowest BCUT2D eigenvalue weighted by atomic mass is 9.93. The van der Waals surface area contributed by atoms with E-state index in [1.54, 1.807) is 0 Å². The molecule has 1 nitrogen and oxygen atoms in total. The van der Waals surface area contributed by atoms with E-state index < -0.39 is 0 Å². The van der Waals surface area contributed by atoms with Gasteiger partial charge in [0.1, 0.15) is 0 Å². The summed E-state index contributed by atoms with van der Waals surface area (Å²) in [5.74, 6) is 7.12. The van der Waals surface area contributed by atoms with Gasteiger partial charge in [-0.3, -0.25) is 0 Å². The van der Waals surface area contributed by atoms with Crippen molar-refractivity contribution in [3.05, 3.63) is 0 Å². The van der Waals surface area contributed by atoms with Crippen molar-refractivity contribution >= 4 is 0 Å². The van der Waals surface area contributed by atoms with Crippen molar-refractivity contribution in [2.24, 2.45) is 5.92 Å². The maximum atomic E-state index is 3.70. The van der Waals surface area contributed by atoms with Gasteiger partial charge in [-0.05, 0) is 45.1 Å². The maximum Gasteiger partial charge on any atom is 0.00912 e. The van der Waals surface area contributed by atoms with E-state index in [1.165, 1.54) is 51.5 Å². The Morgan fingerprint density at radius 2 is 2.06 bits per heavy atom. The van der Waals surface area contributed by atoms with Gasteiger partial charge in [-0.2, -0.15) is 0 Å². The zero-order valence-corrected chi connectivity index (χ0v) is 11.0. The third-order valence-corrected chi connectivity index (χ3v) is 3.57. The van der Waals surface area contributed by atoms with Crippen molar-refractivity contribution in [1.29, 1.82) is 0 Å². The Balaban J connectivity index is 2.29. The van der Waals surface area contributed by atoms with Crippen LogP contribution in [0.5, 0.6) is 0 Å². The van der Waals surface area contributed by atoms with Gasteiger partial charge in [0.25, 0.3) is 0 Å². The lowest BCUT2D eigenvalue weighted by Crippen LogP contribution is -2.30. The van der Waals surface area contributed by atoms with Gasteiger partial charge in [0.05, 0.1) is 0 Å². The first-order chi connectivity index (χ1) is 7.86. The van der Waals surface area contributed by atoms with Crippen LogP contribution < -0.4 is 5.32 Å². The summed E-state index contributed by atoms with van der Waals surface area (Å²) in [7, 11) is 0. The fourth-order valence-electron chi connectivity index (χ4n) is 2.66. The summed E-state index contributed by atoms with van der Waals surface area (Å²) < 4.78 is 0. The van der Waals surface area contributed by atoms with Crippen molar-refractivity contribution < 1.29 is 0 Å². The standard InChI is InChI=1S/C15H27N/c1-3-5-6-9-14-10-7-8-11-15(13-14)16-12-4-2/h14-16H,4,6-13H2,1-2H3. The van der Waals surface area contributed by atoms with E-state index in [-0.39, 0.29) is 0 Å². The normalized spacial score (nSPS) is 25.6. The van der Waals surface area contributed by atoms with Crippen molar-refractivity contribution in [3.8, 4) is 11.8 Å². The first-order valence-corrected chi connectivity index (χ1v) is 6.99. The van der Waals surface area contributed by atoms with Gasteiger partial charge in [-0.15, -0.1) is 11.8 Å². The molecule has 0 aliphatic heterocycles. The molecule has 2 atom stereocenters. The Kier molecular flexibility index (Phi) is 7.34. The predicted molar refractivity (Wildman–Crippen MR) is 71.3 cm³/mol. The lowest BCUT2D eigenvalue weighted by Gasteiger charge is -2.20. The largest absolute Gasteiger partial charge is 0.314 e. The summed E-state index contributed by atoms with van der Waals surface area (Å²) in [6.45, 7) is 5.38. The van der Waals surface area contributed by atoms with Gasteiger partial charge >= 0.3 is 0 Å². The van der Waals surface area contributed by atoms with Crippen molar-refractivity contribution in [2.75, 3.05) is 6.54 Å². The van der Waals surface area contributed by atoms with Crippen LogP contribution in [0.15, 0.2) is 0 Å². The molecule has 1 rings (SSSR count). The molecule has 0 heterocycles. The highest BCUT2D eigenvalue weighted by atomic mass is 14.9. The van der Waals surface area contributed by atoms with Crippen LogP contribution in [0.3, 0.4) is 0 Å². The quantitative estimate of drug-likeness (QED) is 0.551. The molecule has 1 aliphatic carbocycles. The molecule has 0 saturated heterocycles. The average molecular weight is 221 g/mol. The third kappa shape index (κ3) is 5.56. The highest BCUT2D eigenvalue weighted by Gasteiger charge is 2.18. The predicted octanol–water partition coefficient (Wildman–Crippen LogP) is 3.74. The van der Waals surface area contributed by atoms with Crippen molar-refractivity contribution in [2.45, 2.75) is 71.3 Å². The molecule has 16 heavy (non-hydrogen) atoms. The second-order valence-electron chi connectivity index (χ2n) is 5.00. The molecule has 2 unspecified atom stereocenters. The Hall–Kier alpha value is -0.480. The first-order valence-electron chi connectivity index (χ1n) is 6.99. The van der Waals surface area contributed by atoms with E-state index in [0.29, 0.717) is 0 Å². The molecule has 1 aliphatic rings. The zero-order valence-electron chi connectivity index (χ0n) is 11.0. The number of rotatable bonds is 5. The third-order valence-electron chi connectivity index (χ3n) is 3.57. The second kappa shape index (κ2) is 8.65. The number of hydrogen-bond acceptors (Lipinski definition) is 1. The van der Waals surface area contributed by atoms with E-state index in [9.17, 15) is 0 Å². The molecule has 1 N–H and O–H groups in total. The van der Waals surface area contributed by atoms with E-state index in [0.717, 1.165) is 18.4 Å². The molecule has 92 valence electrons. The molecular weight excluding hydrogens is 194 g/mol. The highest BCUT2D eigenvalue weighted by molar-refractivity contribution is 4.95. The summed E-state index contributed by atoms with van der Waals surface area (Å²) in [5, 5.41) is 3.70. The minimum absolute atomic E-state index is 0.780. The Labute approximate surface area is 101 Å². The van der Waals surface area contributed by atoms with Crippen LogP contribution in [0.25, 0.3) is 0 Å². The van der Waals surface area contributed by atoms with Crippen LogP contribution in [-0.2, 0) is 0 Å². The lowest BCUT2D eigenvalue weighted by molar-refractivity contribution is 0.371. The van der Waals surface area contributed by atoms with Gasteiger partial charge < -0.3 is 5.32 Å². The summed E-state index contributed by atoms with van der Waals surface area (Å²) in [4.78, 5) is 0. The van der Waals surface area contributed by atoms with Crippen LogP contribution in [0.1, 0.15) is 65.2 Å². The summed E-state index contributed by atoms with van der Waals surface area (Å²) in [6, 6.07) is 0.780. The minimum atomic E-state index is 0.780. The molecule has 0 aromatic rings. The molecule has 0 radical (unpaired) electrons. The smallest absolute Gasteiger partial charge is 0.00912 e. The van der Waals surface area contributed by atoms with Crippen LogP contribution in [0.4, 0.5) is 0 Å². The summed E-state index contributed by atoms with van der Waals surface area (Å²) >= 11 is 0. The molecule has 0 spiro atoms. The zero-order chi connectivity index (χ0) is 11.6. The molecule has 1 heteroatoms. The molecule has 0 bridgehead atoms. The minimum Gasteiger partial charge on any atom is -0.314 e. The molecule has 1 saturated carbocycles. The average Bonchev–Trinajstić information content (AvgIpc) is 2.52. The molecule has 0 aromatic heterocycles. The molecule has 0 aromatic carbocycles. The summed E-state index contributed by atoms with van der Waals surface area (Å²) in [5.41, 5.74) is 0. The van der Waals surface area contributed by atoms with Gasteiger partial charge in [0, 0.05) is 12.5 Å². The van der Waals surface area contributed by atoms with Crippen molar-refractivity contribution in [3.63, 3.8) is 0 Å². The first kappa shape index (κ1) is 13.6. The highest BCUT2D eigenvalue weighted by Crippen LogP contribution is 2.26. The topological polar surface area (TPSA) is 12.0 Å². The molecule has 1 fully saturated rings. The number of hydrogen-bond donors (Lipinski definition) is 1. The van der Waals surface area contributed by atoms with Crippen LogP contribution in [0.2, 0.25) is 0 Å². The van der Waals surface area contributed by atoms with E-state index in [2.05, 4.69) is 24.1 Å². The van der Waals surface area contributed by atoms with Gasteiger partial charge in [0.2, 0.25) is 0 Å². The van der Waals surface area contributed by atoms with E-state index in [4.69, 9.17) is 0 Å². The van der Waals surface area contributed by atoms with E-state index in [1.807, 2.05) is 6.92 Å². The second-order valence-corrected chi connectivity index (χ2v) is 5.00. The van der Waals surface area contributed by atoms with Crippen LogP contribution in [0, 0.1) is 17.8 Å². The monoisotopic (exact) mass is 221 g/mol. The Bertz CT molecular complexity index is 223. The number of nitrogens with one attached hydrogen (secondary N) is 1. The van der Waals surface area contributed by atoms with E-state index >= 15 is 0 Å². The Morgan fingerprint density at radius 1 is 1.25 bits per heavy atom. The van der Waals surface area contributed by atoms with Gasteiger partial charge in [0.15, 0.2) is 0 Å². The van der Waals surface area contributed by atoms with Crippen molar-refractivity contribution in [1.82, 2.24) is 5.32 Å². The maximum absolute atomic E-state index is 3.70.